The summed E-state index contributed by atoms with van der Waals surface area (Å²) >= 11 is 0. The highest BCUT2D eigenvalue weighted by molar-refractivity contribution is 5.14. The van der Waals surface area contributed by atoms with E-state index in [1.807, 2.05) is 12.1 Å². The molecule has 0 saturated carbocycles. The minimum atomic E-state index is 0.577. The minimum absolute atomic E-state index is 0.577. The SMILES string of the molecule is C=C[C@H](C)[C@H](C)CNCc1ccccc1. The van der Waals surface area contributed by atoms with Crippen LogP contribution in [0.5, 0.6) is 0 Å². The molecule has 0 aliphatic carbocycles. The summed E-state index contributed by atoms with van der Waals surface area (Å²) in [4.78, 5) is 0. The quantitative estimate of drug-likeness (QED) is 0.700. The first-order valence-corrected chi connectivity index (χ1v) is 5.61. The molecule has 1 rings (SSSR count). The molecule has 0 heterocycles. The number of nitrogens with one attached hydrogen (secondary N) is 1. The molecule has 1 nitrogen and oxygen atoms in total. The van der Waals surface area contributed by atoms with E-state index >= 15 is 0 Å². The van der Waals surface area contributed by atoms with E-state index in [1.54, 1.807) is 0 Å². The van der Waals surface area contributed by atoms with Crippen LogP contribution in [0.2, 0.25) is 0 Å². The molecule has 0 spiro atoms. The van der Waals surface area contributed by atoms with Gasteiger partial charge in [0.25, 0.3) is 0 Å². The maximum atomic E-state index is 3.82. The van der Waals surface area contributed by atoms with Gasteiger partial charge >= 0.3 is 0 Å². The highest BCUT2D eigenvalue weighted by Gasteiger charge is 2.07. The van der Waals surface area contributed by atoms with Crippen molar-refractivity contribution in [1.29, 1.82) is 0 Å². The maximum absolute atomic E-state index is 3.82. The molecule has 0 aliphatic rings. The Morgan fingerprint density at radius 2 is 1.93 bits per heavy atom. The van der Waals surface area contributed by atoms with E-state index in [0.29, 0.717) is 11.8 Å². The summed E-state index contributed by atoms with van der Waals surface area (Å²) in [6.45, 7) is 10.3. The average Bonchev–Trinajstić information content (AvgIpc) is 2.29. The molecule has 2 atom stereocenters. The third-order valence-corrected chi connectivity index (χ3v) is 2.91. The van der Waals surface area contributed by atoms with E-state index in [1.165, 1.54) is 5.56 Å². The second-order valence-electron chi connectivity index (χ2n) is 4.19. The van der Waals surface area contributed by atoms with Crippen LogP contribution in [-0.2, 0) is 6.54 Å². The van der Waals surface area contributed by atoms with E-state index in [4.69, 9.17) is 0 Å². The van der Waals surface area contributed by atoms with Crippen molar-refractivity contribution in [2.45, 2.75) is 20.4 Å². The molecule has 0 saturated heterocycles. The summed E-state index contributed by atoms with van der Waals surface area (Å²) in [5.41, 5.74) is 1.34. The molecule has 0 unspecified atom stereocenters. The number of allylic oxidation sites excluding steroid dienone is 1. The van der Waals surface area contributed by atoms with Crippen LogP contribution in [-0.4, -0.2) is 6.54 Å². The Balaban J connectivity index is 2.25. The monoisotopic (exact) mass is 203 g/mol. The summed E-state index contributed by atoms with van der Waals surface area (Å²) in [6, 6.07) is 10.5. The molecular formula is C14H21N. The maximum Gasteiger partial charge on any atom is 0.0205 e. The Kier molecular flexibility index (Phi) is 5.13. The fraction of sp³-hybridized carbons (Fsp3) is 0.429. The Bertz CT molecular complexity index is 279. The second-order valence-corrected chi connectivity index (χ2v) is 4.19. The third kappa shape index (κ3) is 4.30. The highest BCUT2D eigenvalue weighted by Crippen LogP contribution is 2.10. The smallest absolute Gasteiger partial charge is 0.0205 e. The predicted octanol–water partition coefficient (Wildman–Crippen LogP) is 3.23. The summed E-state index contributed by atoms with van der Waals surface area (Å²) < 4.78 is 0. The normalized spacial score (nSPS) is 14.5. The lowest BCUT2D eigenvalue weighted by atomic mass is 9.96. The highest BCUT2D eigenvalue weighted by atomic mass is 14.9. The van der Waals surface area contributed by atoms with E-state index in [0.717, 1.165) is 13.1 Å². The Morgan fingerprint density at radius 1 is 1.27 bits per heavy atom. The van der Waals surface area contributed by atoms with Crippen molar-refractivity contribution < 1.29 is 0 Å². The molecule has 1 N–H and O–H groups in total. The van der Waals surface area contributed by atoms with Crippen molar-refractivity contribution in [3.63, 3.8) is 0 Å². The molecule has 0 aromatic heterocycles. The number of hydrogen-bond donors (Lipinski definition) is 1. The summed E-state index contributed by atoms with van der Waals surface area (Å²) in [5.74, 6) is 1.22. The van der Waals surface area contributed by atoms with Gasteiger partial charge in [-0.1, -0.05) is 50.3 Å². The van der Waals surface area contributed by atoms with Crippen LogP contribution < -0.4 is 5.32 Å². The van der Waals surface area contributed by atoms with E-state index in [2.05, 4.69) is 50.0 Å². The molecule has 82 valence electrons. The third-order valence-electron chi connectivity index (χ3n) is 2.91. The van der Waals surface area contributed by atoms with Gasteiger partial charge in [0.2, 0.25) is 0 Å². The van der Waals surface area contributed by atoms with Crippen molar-refractivity contribution in [1.82, 2.24) is 5.32 Å². The lowest BCUT2D eigenvalue weighted by molar-refractivity contribution is 0.425. The molecule has 1 heteroatoms. The van der Waals surface area contributed by atoms with Gasteiger partial charge in [0, 0.05) is 6.54 Å². The largest absolute Gasteiger partial charge is 0.312 e. The molecule has 0 fully saturated rings. The van der Waals surface area contributed by atoms with Crippen molar-refractivity contribution in [2.75, 3.05) is 6.54 Å². The first kappa shape index (κ1) is 12.0. The van der Waals surface area contributed by atoms with Gasteiger partial charge in [-0.3, -0.25) is 0 Å². The van der Waals surface area contributed by atoms with Crippen LogP contribution in [0.3, 0.4) is 0 Å². The molecule has 1 aromatic rings. The second kappa shape index (κ2) is 6.41. The van der Waals surface area contributed by atoms with Crippen LogP contribution in [0.4, 0.5) is 0 Å². The fourth-order valence-electron chi connectivity index (χ4n) is 1.46. The van der Waals surface area contributed by atoms with E-state index in [9.17, 15) is 0 Å². The standard InChI is InChI=1S/C14H21N/c1-4-12(2)13(3)10-15-11-14-8-6-5-7-9-14/h4-9,12-13,15H,1,10-11H2,2-3H3/t12-,13+/m0/s1. The topological polar surface area (TPSA) is 12.0 Å². The molecule has 0 amide bonds. The summed E-state index contributed by atoms with van der Waals surface area (Å²) in [5, 5.41) is 3.47. The summed E-state index contributed by atoms with van der Waals surface area (Å²) in [6.07, 6.45) is 2.02. The van der Waals surface area contributed by atoms with Gasteiger partial charge in [-0.15, -0.1) is 6.58 Å². The van der Waals surface area contributed by atoms with Gasteiger partial charge in [0.15, 0.2) is 0 Å². The first-order chi connectivity index (χ1) is 7.24. The molecule has 1 aromatic carbocycles. The van der Waals surface area contributed by atoms with Crippen LogP contribution >= 0.6 is 0 Å². The molecule has 15 heavy (non-hydrogen) atoms. The lowest BCUT2D eigenvalue weighted by Crippen LogP contribution is -2.24. The Labute approximate surface area is 93.2 Å². The summed E-state index contributed by atoms with van der Waals surface area (Å²) in [7, 11) is 0. The Hall–Kier alpha value is -1.08. The van der Waals surface area contributed by atoms with E-state index in [-0.39, 0.29) is 0 Å². The van der Waals surface area contributed by atoms with Gasteiger partial charge in [0.05, 0.1) is 0 Å². The number of rotatable bonds is 6. The van der Waals surface area contributed by atoms with Crippen molar-refractivity contribution >= 4 is 0 Å². The minimum Gasteiger partial charge on any atom is -0.312 e. The van der Waals surface area contributed by atoms with Crippen LogP contribution in [0.1, 0.15) is 19.4 Å². The zero-order chi connectivity index (χ0) is 11.1. The van der Waals surface area contributed by atoms with Crippen molar-refractivity contribution in [3.8, 4) is 0 Å². The zero-order valence-corrected chi connectivity index (χ0v) is 9.74. The lowest BCUT2D eigenvalue weighted by Gasteiger charge is -2.16. The van der Waals surface area contributed by atoms with E-state index < -0.39 is 0 Å². The van der Waals surface area contributed by atoms with Gasteiger partial charge in [-0.05, 0) is 23.9 Å². The van der Waals surface area contributed by atoms with Crippen LogP contribution in [0, 0.1) is 11.8 Å². The van der Waals surface area contributed by atoms with Gasteiger partial charge in [-0.25, -0.2) is 0 Å². The molecule has 0 radical (unpaired) electrons. The number of hydrogen-bond acceptors (Lipinski definition) is 1. The molecular weight excluding hydrogens is 182 g/mol. The zero-order valence-electron chi connectivity index (χ0n) is 9.74. The average molecular weight is 203 g/mol. The fourth-order valence-corrected chi connectivity index (χ4v) is 1.46. The van der Waals surface area contributed by atoms with Crippen LogP contribution in [0.15, 0.2) is 43.0 Å². The van der Waals surface area contributed by atoms with Crippen LogP contribution in [0.25, 0.3) is 0 Å². The first-order valence-electron chi connectivity index (χ1n) is 5.61. The van der Waals surface area contributed by atoms with Gasteiger partial charge in [0.1, 0.15) is 0 Å². The Morgan fingerprint density at radius 3 is 2.53 bits per heavy atom. The molecule has 0 aliphatic heterocycles. The molecule has 0 bridgehead atoms. The number of benzene rings is 1. The van der Waals surface area contributed by atoms with Gasteiger partial charge in [-0.2, -0.15) is 0 Å². The van der Waals surface area contributed by atoms with Crippen molar-refractivity contribution in [3.05, 3.63) is 48.6 Å². The predicted molar refractivity (Wildman–Crippen MR) is 66.7 cm³/mol. The van der Waals surface area contributed by atoms with Crippen molar-refractivity contribution in [2.24, 2.45) is 11.8 Å². The van der Waals surface area contributed by atoms with Gasteiger partial charge < -0.3 is 5.32 Å².